The summed E-state index contributed by atoms with van der Waals surface area (Å²) in [6.07, 6.45) is -12.2. The molecule has 14 nitrogen and oxygen atoms in total. The molecule has 2 amide bonds. The van der Waals surface area contributed by atoms with Crippen LogP contribution in [0.5, 0.6) is 0 Å². The Hall–Kier alpha value is -1.46. The first kappa shape index (κ1) is 24.8. The SMILES string of the molecule is CC(=O)N[C@H]1[C@H](O[C@H]2[C@H](O)[C@@H](NC(=O)CO)[C@H](O)O[C@@H]2CO)O[C@H](CO)[C@@H](O)[C@@H]1O. The van der Waals surface area contributed by atoms with E-state index in [0.29, 0.717) is 0 Å². The first-order valence-electron chi connectivity index (χ1n) is 9.22. The summed E-state index contributed by atoms with van der Waals surface area (Å²) < 4.78 is 16.2. The third-order valence-corrected chi connectivity index (χ3v) is 4.89. The largest absolute Gasteiger partial charge is 0.394 e. The summed E-state index contributed by atoms with van der Waals surface area (Å²) in [7, 11) is 0. The van der Waals surface area contributed by atoms with Gasteiger partial charge in [-0.15, -0.1) is 0 Å². The molecule has 2 fully saturated rings. The van der Waals surface area contributed by atoms with Gasteiger partial charge in [-0.3, -0.25) is 9.59 Å². The van der Waals surface area contributed by atoms with E-state index in [4.69, 9.17) is 19.3 Å². The quantitative estimate of drug-likeness (QED) is 0.180. The monoisotopic (exact) mass is 440 g/mol. The number of hydrogen-bond acceptors (Lipinski definition) is 12. The first-order chi connectivity index (χ1) is 14.1. The van der Waals surface area contributed by atoms with E-state index >= 15 is 0 Å². The third kappa shape index (κ3) is 5.42. The zero-order valence-corrected chi connectivity index (χ0v) is 16.1. The maximum absolute atomic E-state index is 11.5. The summed E-state index contributed by atoms with van der Waals surface area (Å²) in [5.41, 5.74) is 0. The Balaban J connectivity index is 2.26. The van der Waals surface area contributed by atoms with Gasteiger partial charge in [-0.2, -0.15) is 0 Å². The van der Waals surface area contributed by atoms with Crippen molar-refractivity contribution in [1.29, 1.82) is 0 Å². The van der Waals surface area contributed by atoms with Gasteiger partial charge in [0.05, 0.1) is 13.2 Å². The molecule has 0 aliphatic carbocycles. The van der Waals surface area contributed by atoms with Gasteiger partial charge in [0, 0.05) is 6.92 Å². The molecule has 2 rings (SSSR count). The number of aliphatic hydroxyl groups excluding tert-OH is 7. The van der Waals surface area contributed by atoms with Crippen molar-refractivity contribution in [2.75, 3.05) is 19.8 Å². The molecule has 2 heterocycles. The number of rotatable bonds is 7. The van der Waals surface area contributed by atoms with Crippen LogP contribution in [0.15, 0.2) is 0 Å². The van der Waals surface area contributed by atoms with Crippen LogP contribution < -0.4 is 10.6 Å². The number of amides is 2. The molecule has 0 aromatic carbocycles. The van der Waals surface area contributed by atoms with Crippen LogP contribution in [0, 0.1) is 0 Å². The molecule has 10 atom stereocenters. The maximum atomic E-state index is 11.5. The van der Waals surface area contributed by atoms with Crippen molar-refractivity contribution in [3.63, 3.8) is 0 Å². The Morgan fingerprint density at radius 3 is 2.03 bits per heavy atom. The summed E-state index contributed by atoms with van der Waals surface area (Å²) >= 11 is 0. The van der Waals surface area contributed by atoms with Crippen LogP contribution in [0.4, 0.5) is 0 Å². The van der Waals surface area contributed by atoms with Gasteiger partial charge < -0.3 is 60.6 Å². The fraction of sp³-hybridized carbons (Fsp3) is 0.875. The van der Waals surface area contributed by atoms with Gasteiger partial charge in [0.1, 0.15) is 55.3 Å². The summed E-state index contributed by atoms with van der Waals surface area (Å²) in [5.74, 6) is -1.53. The average molecular weight is 440 g/mol. The normalized spacial score (nSPS) is 41.9. The Labute approximate surface area is 171 Å². The zero-order chi connectivity index (χ0) is 22.6. The number of carbonyl (C=O) groups excluding carboxylic acids is 2. The molecule has 0 saturated carbocycles. The van der Waals surface area contributed by atoms with Gasteiger partial charge in [0.25, 0.3) is 0 Å². The van der Waals surface area contributed by atoms with Gasteiger partial charge >= 0.3 is 0 Å². The van der Waals surface area contributed by atoms with E-state index in [1.54, 1.807) is 0 Å². The maximum Gasteiger partial charge on any atom is 0.246 e. The standard InChI is InChI=1S/C16H28N2O12/c1-5(22)17-10-12(25)11(24)6(2-19)29-16(10)30-14-7(3-20)28-15(27)9(13(14)26)18-8(23)4-21/h6-7,9-16,19-21,24-27H,2-4H2,1H3,(H,17,22)(H,18,23)/t6-,7-,9-,10-,11-,12-,13-,14-,15-,16+/m1/s1. The Morgan fingerprint density at radius 1 is 0.867 bits per heavy atom. The van der Waals surface area contributed by atoms with Crippen LogP contribution in [0.2, 0.25) is 0 Å². The fourth-order valence-electron chi connectivity index (χ4n) is 3.38. The van der Waals surface area contributed by atoms with E-state index in [-0.39, 0.29) is 0 Å². The van der Waals surface area contributed by atoms with Crippen LogP contribution in [0.3, 0.4) is 0 Å². The van der Waals surface area contributed by atoms with E-state index in [0.717, 1.165) is 6.92 Å². The second-order valence-electron chi connectivity index (χ2n) is 7.02. The van der Waals surface area contributed by atoms with Crippen LogP contribution in [-0.2, 0) is 23.8 Å². The zero-order valence-electron chi connectivity index (χ0n) is 16.1. The van der Waals surface area contributed by atoms with Crippen molar-refractivity contribution >= 4 is 11.8 Å². The highest BCUT2D eigenvalue weighted by molar-refractivity contribution is 5.77. The van der Waals surface area contributed by atoms with Gasteiger partial charge in [0.2, 0.25) is 11.8 Å². The highest BCUT2D eigenvalue weighted by Gasteiger charge is 2.51. The van der Waals surface area contributed by atoms with E-state index in [9.17, 15) is 40.2 Å². The molecule has 0 aromatic rings. The smallest absolute Gasteiger partial charge is 0.246 e. The molecule has 174 valence electrons. The highest BCUT2D eigenvalue weighted by atomic mass is 16.7. The molecular weight excluding hydrogens is 412 g/mol. The Bertz CT molecular complexity index is 595. The third-order valence-electron chi connectivity index (χ3n) is 4.89. The van der Waals surface area contributed by atoms with Gasteiger partial charge in [-0.1, -0.05) is 0 Å². The molecule has 2 saturated heterocycles. The van der Waals surface area contributed by atoms with Crippen molar-refractivity contribution in [3.05, 3.63) is 0 Å². The van der Waals surface area contributed by atoms with Gasteiger partial charge in [-0.05, 0) is 0 Å². The minimum Gasteiger partial charge on any atom is -0.394 e. The average Bonchev–Trinajstić information content (AvgIpc) is 2.71. The molecule has 0 radical (unpaired) electrons. The number of nitrogens with one attached hydrogen (secondary N) is 2. The van der Waals surface area contributed by atoms with Gasteiger partial charge in [0.15, 0.2) is 12.6 Å². The Morgan fingerprint density at radius 2 is 1.50 bits per heavy atom. The molecule has 0 unspecified atom stereocenters. The Kier molecular flexibility index (Phi) is 8.86. The lowest BCUT2D eigenvalue weighted by Gasteiger charge is -2.47. The molecule has 0 aromatic heterocycles. The van der Waals surface area contributed by atoms with Crippen molar-refractivity contribution < 1.29 is 59.5 Å². The van der Waals surface area contributed by atoms with E-state index in [2.05, 4.69) is 10.6 Å². The summed E-state index contributed by atoms with van der Waals surface area (Å²) in [6, 6.07) is -2.78. The number of carbonyl (C=O) groups is 2. The summed E-state index contributed by atoms with van der Waals surface area (Å²) in [6.45, 7) is -1.22. The van der Waals surface area contributed by atoms with Crippen molar-refractivity contribution in [3.8, 4) is 0 Å². The molecule has 2 aliphatic heterocycles. The van der Waals surface area contributed by atoms with Crippen molar-refractivity contribution in [2.45, 2.75) is 68.2 Å². The van der Waals surface area contributed by atoms with Gasteiger partial charge in [-0.25, -0.2) is 0 Å². The predicted octanol–water partition coefficient (Wildman–Crippen LogP) is -6.14. The first-order valence-corrected chi connectivity index (χ1v) is 9.22. The topological polar surface area (TPSA) is 227 Å². The van der Waals surface area contributed by atoms with E-state index in [1.165, 1.54) is 0 Å². The molecule has 9 N–H and O–H groups in total. The highest BCUT2D eigenvalue weighted by Crippen LogP contribution is 2.28. The number of aliphatic hydroxyl groups is 7. The molecule has 2 aliphatic rings. The number of ether oxygens (including phenoxy) is 3. The summed E-state index contributed by atoms with van der Waals surface area (Å²) in [5, 5.41) is 73.2. The summed E-state index contributed by atoms with van der Waals surface area (Å²) in [4.78, 5) is 23.0. The van der Waals surface area contributed by atoms with Crippen molar-refractivity contribution in [1.82, 2.24) is 10.6 Å². The molecule has 30 heavy (non-hydrogen) atoms. The molecule has 14 heteroatoms. The van der Waals surface area contributed by atoms with Crippen LogP contribution in [-0.4, -0.2) is 129 Å². The second kappa shape index (κ2) is 10.7. The minimum absolute atomic E-state index is 0.603. The molecule has 0 spiro atoms. The lowest BCUT2D eigenvalue weighted by atomic mass is 9.94. The second-order valence-corrected chi connectivity index (χ2v) is 7.02. The van der Waals surface area contributed by atoms with Crippen LogP contribution >= 0.6 is 0 Å². The lowest BCUT2D eigenvalue weighted by Crippen LogP contribution is -2.69. The van der Waals surface area contributed by atoms with Crippen LogP contribution in [0.1, 0.15) is 6.92 Å². The predicted molar refractivity (Wildman–Crippen MR) is 93.2 cm³/mol. The molecule has 0 bridgehead atoms. The van der Waals surface area contributed by atoms with Crippen molar-refractivity contribution in [2.24, 2.45) is 0 Å². The minimum atomic E-state index is -1.75. The van der Waals surface area contributed by atoms with Crippen LogP contribution in [0.25, 0.3) is 0 Å². The van der Waals surface area contributed by atoms with E-state index in [1.807, 2.05) is 0 Å². The lowest BCUT2D eigenvalue weighted by molar-refractivity contribution is -0.327. The fourth-order valence-corrected chi connectivity index (χ4v) is 3.38. The number of hydrogen-bond donors (Lipinski definition) is 9. The molecular formula is C16H28N2O12. The van der Waals surface area contributed by atoms with E-state index < -0.39 is 92.9 Å².